The van der Waals surface area contributed by atoms with E-state index in [1.807, 2.05) is 18.2 Å². The molecule has 1 saturated heterocycles. The van der Waals surface area contributed by atoms with Gasteiger partial charge in [-0.1, -0.05) is 17.3 Å². The fourth-order valence-electron chi connectivity index (χ4n) is 2.73. The summed E-state index contributed by atoms with van der Waals surface area (Å²) in [6.45, 7) is 2.97. The molecule has 1 aromatic heterocycles. The summed E-state index contributed by atoms with van der Waals surface area (Å²) in [5, 5.41) is 22.7. The summed E-state index contributed by atoms with van der Waals surface area (Å²) in [4.78, 5) is 6.38. The van der Waals surface area contributed by atoms with E-state index in [0.717, 1.165) is 5.56 Å². The van der Waals surface area contributed by atoms with Gasteiger partial charge in [0, 0.05) is 13.1 Å². The number of aliphatic hydroxyl groups is 1. The number of nitrogens with zero attached hydrogens (tertiary/aromatic N) is 4. The van der Waals surface area contributed by atoms with Crippen molar-refractivity contribution < 1.29 is 9.63 Å². The molecule has 0 unspecified atom stereocenters. The quantitative estimate of drug-likeness (QED) is 0.920. The van der Waals surface area contributed by atoms with Crippen molar-refractivity contribution in [2.45, 2.75) is 32.0 Å². The van der Waals surface area contributed by atoms with Crippen molar-refractivity contribution in [1.82, 2.24) is 15.0 Å². The number of β-amino-alcohol motifs (C(OH)–C–C–N with tert-alkyl or cyclic N) is 1. The number of benzene rings is 1. The maximum absolute atomic E-state index is 9.93. The zero-order valence-corrected chi connectivity index (χ0v) is 11.7. The van der Waals surface area contributed by atoms with Gasteiger partial charge in [0.15, 0.2) is 5.82 Å². The Morgan fingerprint density at radius 3 is 3.10 bits per heavy atom. The first-order chi connectivity index (χ1) is 10.2. The SMILES string of the molecule is Cc1noc([C@H]2C[C@@H](O)CN2Cc2cccc(C#N)c2)n1. The standard InChI is InChI=1S/C15H16N4O2/c1-10-17-15(21-18-10)14-6-13(20)9-19(14)8-12-4-2-3-11(5-12)7-16/h2-5,13-14,20H,6,8-9H2,1H3/t13-,14-/m1/s1. The van der Waals surface area contributed by atoms with E-state index in [9.17, 15) is 5.11 Å². The first kappa shape index (κ1) is 13.7. The molecular formula is C15H16N4O2. The smallest absolute Gasteiger partial charge is 0.244 e. The summed E-state index contributed by atoms with van der Waals surface area (Å²) < 4.78 is 5.24. The number of likely N-dealkylation sites (tertiary alicyclic amines) is 1. The zero-order chi connectivity index (χ0) is 14.8. The molecule has 1 aliphatic heterocycles. The molecule has 2 atom stereocenters. The first-order valence-corrected chi connectivity index (χ1v) is 6.87. The fourth-order valence-corrected chi connectivity index (χ4v) is 2.73. The molecule has 1 fully saturated rings. The third-order valence-electron chi connectivity index (χ3n) is 3.65. The second-order valence-corrected chi connectivity index (χ2v) is 5.33. The monoisotopic (exact) mass is 284 g/mol. The third kappa shape index (κ3) is 2.94. The Bertz CT molecular complexity index is 676. The van der Waals surface area contributed by atoms with Gasteiger partial charge >= 0.3 is 0 Å². The molecule has 108 valence electrons. The summed E-state index contributed by atoms with van der Waals surface area (Å²) in [6, 6.07) is 9.54. The number of hydrogen-bond donors (Lipinski definition) is 1. The van der Waals surface area contributed by atoms with Crippen molar-refractivity contribution in [3.63, 3.8) is 0 Å². The fraction of sp³-hybridized carbons (Fsp3) is 0.400. The van der Waals surface area contributed by atoms with Crippen LogP contribution in [0.1, 0.15) is 35.3 Å². The van der Waals surface area contributed by atoms with Crippen LogP contribution in [-0.4, -0.2) is 32.8 Å². The molecule has 2 heterocycles. The largest absolute Gasteiger partial charge is 0.392 e. The molecule has 0 spiro atoms. The van der Waals surface area contributed by atoms with Crippen LogP contribution >= 0.6 is 0 Å². The van der Waals surface area contributed by atoms with Gasteiger partial charge in [0.25, 0.3) is 0 Å². The zero-order valence-electron chi connectivity index (χ0n) is 11.7. The minimum absolute atomic E-state index is 0.0769. The number of aryl methyl sites for hydroxylation is 1. The highest BCUT2D eigenvalue weighted by molar-refractivity contribution is 5.32. The normalized spacial score (nSPS) is 22.3. The van der Waals surface area contributed by atoms with Crippen LogP contribution in [0.25, 0.3) is 0 Å². The van der Waals surface area contributed by atoms with Crippen LogP contribution in [0.5, 0.6) is 0 Å². The molecule has 0 bridgehead atoms. The molecule has 0 radical (unpaired) electrons. The lowest BCUT2D eigenvalue weighted by molar-refractivity contribution is 0.169. The van der Waals surface area contributed by atoms with Gasteiger partial charge < -0.3 is 9.63 Å². The van der Waals surface area contributed by atoms with Crippen molar-refractivity contribution >= 4 is 0 Å². The highest BCUT2D eigenvalue weighted by atomic mass is 16.5. The number of aromatic nitrogens is 2. The van der Waals surface area contributed by atoms with Crippen molar-refractivity contribution in [3.8, 4) is 6.07 Å². The van der Waals surface area contributed by atoms with E-state index in [-0.39, 0.29) is 6.04 Å². The summed E-state index contributed by atoms with van der Waals surface area (Å²) in [7, 11) is 0. The average Bonchev–Trinajstić information content (AvgIpc) is 3.05. The highest BCUT2D eigenvalue weighted by Gasteiger charge is 2.35. The van der Waals surface area contributed by atoms with Gasteiger partial charge in [-0.05, 0) is 31.0 Å². The van der Waals surface area contributed by atoms with Crippen LogP contribution in [0.2, 0.25) is 0 Å². The minimum Gasteiger partial charge on any atom is -0.392 e. The molecule has 1 aromatic carbocycles. The summed E-state index contributed by atoms with van der Waals surface area (Å²) in [6.07, 6.45) is 0.181. The lowest BCUT2D eigenvalue weighted by Crippen LogP contribution is -2.24. The minimum atomic E-state index is -0.402. The van der Waals surface area contributed by atoms with Gasteiger partial charge in [-0.15, -0.1) is 0 Å². The Morgan fingerprint density at radius 1 is 1.52 bits per heavy atom. The van der Waals surface area contributed by atoms with Crippen LogP contribution in [-0.2, 0) is 6.54 Å². The molecule has 2 aromatic rings. The van der Waals surface area contributed by atoms with E-state index in [1.165, 1.54) is 0 Å². The van der Waals surface area contributed by atoms with Crippen molar-refractivity contribution in [2.24, 2.45) is 0 Å². The molecule has 3 rings (SSSR count). The maximum atomic E-state index is 9.93. The van der Waals surface area contributed by atoms with Gasteiger partial charge in [0.2, 0.25) is 5.89 Å². The Balaban J connectivity index is 1.81. The molecule has 1 aliphatic rings. The number of rotatable bonds is 3. The van der Waals surface area contributed by atoms with Gasteiger partial charge in [0.1, 0.15) is 0 Å². The van der Waals surface area contributed by atoms with E-state index in [1.54, 1.807) is 13.0 Å². The molecule has 0 amide bonds. The van der Waals surface area contributed by atoms with Crippen LogP contribution in [0, 0.1) is 18.3 Å². The maximum Gasteiger partial charge on any atom is 0.244 e. The van der Waals surface area contributed by atoms with E-state index in [2.05, 4.69) is 21.1 Å². The summed E-state index contributed by atoms with van der Waals surface area (Å²) in [5.41, 5.74) is 1.67. The van der Waals surface area contributed by atoms with Gasteiger partial charge in [-0.25, -0.2) is 0 Å². The van der Waals surface area contributed by atoms with Gasteiger partial charge in [-0.2, -0.15) is 10.2 Å². The third-order valence-corrected chi connectivity index (χ3v) is 3.65. The van der Waals surface area contributed by atoms with Crippen LogP contribution in [0.4, 0.5) is 0 Å². The van der Waals surface area contributed by atoms with Crippen LogP contribution in [0.3, 0.4) is 0 Å². The topological polar surface area (TPSA) is 86.2 Å². The molecule has 0 saturated carbocycles. The molecule has 21 heavy (non-hydrogen) atoms. The van der Waals surface area contributed by atoms with Crippen LogP contribution in [0.15, 0.2) is 28.8 Å². The number of nitriles is 1. The lowest BCUT2D eigenvalue weighted by atomic mass is 10.1. The predicted octanol–water partition coefficient (Wildman–Crippen LogP) is 1.56. The lowest BCUT2D eigenvalue weighted by Gasteiger charge is -2.21. The van der Waals surface area contributed by atoms with Crippen molar-refractivity contribution in [1.29, 1.82) is 5.26 Å². The molecular weight excluding hydrogens is 268 g/mol. The van der Waals surface area contributed by atoms with Gasteiger partial charge in [0.05, 0.1) is 23.8 Å². The Labute approximate surface area is 122 Å². The highest BCUT2D eigenvalue weighted by Crippen LogP contribution is 2.32. The molecule has 1 N–H and O–H groups in total. The molecule has 6 nitrogen and oxygen atoms in total. The first-order valence-electron chi connectivity index (χ1n) is 6.87. The average molecular weight is 284 g/mol. The second-order valence-electron chi connectivity index (χ2n) is 5.33. The summed E-state index contributed by atoms with van der Waals surface area (Å²) in [5.74, 6) is 1.14. The van der Waals surface area contributed by atoms with E-state index in [0.29, 0.717) is 36.8 Å². The van der Waals surface area contributed by atoms with E-state index < -0.39 is 6.10 Å². The molecule has 6 heteroatoms. The number of aliphatic hydroxyl groups excluding tert-OH is 1. The predicted molar refractivity (Wildman–Crippen MR) is 74.0 cm³/mol. The van der Waals surface area contributed by atoms with Crippen molar-refractivity contribution in [3.05, 3.63) is 47.1 Å². The number of hydrogen-bond acceptors (Lipinski definition) is 6. The van der Waals surface area contributed by atoms with Crippen LogP contribution < -0.4 is 0 Å². The second kappa shape index (κ2) is 5.64. The molecule has 0 aliphatic carbocycles. The Morgan fingerprint density at radius 2 is 2.38 bits per heavy atom. The Hall–Kier alpha value is -2.23. The van der Waals surface area contributed by atoms with Gasteiger partial charge in [-0.3, -0.25) is 4.90 Å². The summed E-state index contributed by atoms with van der Waals surface area (Å²) >= 11 is 0. The van der Waals surface area contributed by atoms with E-state index >= 15 is 0 Å². The Kier molecular flexibility index (Phi) is 3.69. The van der Waals surface area contributed by atoms with Crippen molar-refractivity contribution in [2.75, 3.05) is 6.54 Å². The van der Waals surface area contributed by atoms with E-state index in [4.69, 9.17) is 9.78 Å².